The number of hydrogen-bond acceptors (Lipinski definition) is 2. The average molecular weight is 241 g/mol. The Morgan fingerprint density at radius 1 is 1.17 bits per heavy atom. The van der Waals surface area contributed by atoms with E-state index in [4.69, 9.17) is 0 Å². The van der Waals surface area contributed by atoms with E-state index < -0.39 is 0 Å². The molecule has 0 saturated carbocycles. The van der Waals surface area contributed by atoms with Crippen molar-refractivity contribution in [3.8, 4) is 0 Å². The third-order valence-corrected chi connectivity index (χ3v) is 2.79. The van der Waals surface area contributed by atoms with Gasteiger partial charge < -0.3 is 0 Å². The fourth-order valence-corrected chi connectivity index (χ4v) is 1.36. The van der Waals surface area contributed by atoms with Crippen molar-refractivity contribution >= 4 is 17.1 Å². The van der Waals surface area contributed by atoms with Crippen molar-refractivity contribution in [1.29, 1.82) is 0 Å². The molecule has 0 amide bonds. The second-order valence-corrected chi connectivity index (χ2v) is 4.44. The topological polar surface area (TPSA) is 29.4 Å². The fourth-order valence-electron chi connectivity index (χ4n) is 1.36. The number of nitrogens with zero attached hydrogens (tertiary/aromatic N) is 1. The van der Waals surface area contributed by atoms with Crippen LogP contribution in [-0.4, -0.2) is 11.5 Å². The molecule has 0 aliphatic heterocycles. The Labute approximate surface area is 109 Å². The predicted octanol–water partition coefficient (Wildman–Crippen LogP) is 4.29. The normalized spacial score (nSPS) is 12.4. The molecule has 0 fully saturated rings. The summed E-state index contributed by atoms with van der Waals surface area (Å²) in [6, 6.07) is 7.57. The van der Waals surface area contributed by atoms with Gasteiger partial charge in [-0.1, -0.05) is 24.8 Å². The van der Waals surface area contributed by atoms with E-state index in [2.05, 4.69) is 11.6 Å². The number of Topliss-reactive ketones (excluding diaryl/α,β-unsaturated/α-hetero) is 1. The quantitative estimate of drug-likeness (QED) is 0.571. The first kappa shape index (κ1) is 14.1. The van der Waals surface area contributed by atoms with Crippen LogP contribution in [0, 0.1) is 0 Å². The minimum absolute atomic E-state index is 0.0752. The summed E-state index contributed by atoms with van der Waals surface area (Å²) in [5, 5.41) is 0. The number of allylic oxidation sites excluding steroid dienone is 2. The van der Waals surface area contributed by atoms with Gasteiger partial charge in [0.1, 0.15) is 0 Å². The molecule has 0 radical (unpaired) electrons. The molecule has 0 N–H and O–H groups in total. The minimum Gasteiger partial charge on any atom is -0.295 e. The molecular weight excluding hydrogens is 222 g/mol. The average Bonchev–Trinajstić information content (AvgIpc) is 2.35. The zero-order valence-electron chi connectivity index (χ0n) is 11.4. The molecular formula is C16H19NO. The predicted molar refractivity (Wildman–Crippen MR) is 78.0 cm³/mol. The number of benzene rings is 1. The highest BCUT2D eigenvalue weighted by Gasteiger charge is 2.01. The van der Waals surface area contributed by atoms with E-state index >= 15 is 0 Å². The first-order valence-electron chi connectivity index (χ1n) is 5.90. The van der Waals surface area contributed by atoms with Crippen LogP contribution in [0.1, 0.15) is 43.6 Å². The summed E-state index contributed by atoms with van der Waals surface area (Å²) < 4.78 is 0. The highest BCUT2D eigenvalue weighted by Crippen LogP contribution is 2.16. The lowest BCUT2D eigenvalue weighted by Crippen LogP contribution is -1.93. The fraction of sp³-hybridized carbons (Fsp3) is 0.250. The van der Waals surface area contributed by atoms with Crippen molar-refractivity contribution in [1.82, 2.24) is 0 Å². The van der Waals surface area contributed by atoms with Gasteiger partial charge in [-0.05, 0) is 50.5 Å². The van der Waals surface area contributed by atoms with Crippen molar-refractivity contribution in [2.45, 2.75) is 27.7 Å². The van der Waals surface area contributed by atoms with Crippen LogP contribution in [0.15, 0.2) is 47.6 Å². The van der Waals surface area contributed by atoms with Crippen LogP contribution in [-0.2, 0) is 0 Å². The van der Waals surface area contributed by atoms with E-state index in [0.717, 1.165) is 28.0 Å². The van der Waals surface area contributed by atoms with Crippen LogP contribution in [0.25, 0.3) is 5.57 Å². The Morgan fingerprint density at radius 3 is 2.33 bits per heavy atom. The van der Waals surface area contributed by atoms with E-state index in [1.165, 1.54) is 0 Å². The molecule has 0 heterocycles. The number of rotatable bonds is 4. The second-order valence-electron chi connectivity index (χ2n) is 4.44. The molecule has 1 aromatic rings. The molecule has 18 heavy (non-hydrogen) atoms. The number of hydrogen-bond donors (Lipinski definition) is 0. The number of carbonyl (C=O) groups is 1. The molecule has 0 bridgehead atoms. The maximum Gasteiger partial charge on any atom is 0.159 e. The maximum absolute atomic E-state index is 11.3. The largest absolute Gasteiger partial charge is 0.295 e. The minimum atomic E-state index is 0.0752. The summed E-state index contributed by atoms with van der Waals surface area (Å²) >= 11 is 0. The smallest absolute Gasteiger partial charge is 0.159 e. The van der Waals surface area contributed by atoms with E-state index in [9.17, 15) is 4.79 Å². The lowest BCUT2D eigenvalue weighted by atomic mass is 10.0. The Morgan fingerprint density at radius 2 is 1.78 bits per heavy atom. The molecule has 0 spiro atoms. The first-order chi connectivity index (χ1) is 8.41. The second kappa shape index (κ2) is 6.10. The lowest BCUT2D eigenvalue weighted by molar-refractivity contribution is 0.101. The Bertz CT molecular complexity index is 536. The third kappa shape index (κ3) is 3.81. The summed E-state index contributed by atoms with van der Waals surface area (Å²) in [4.78, 5) is 15.7. The molecule has 94 valence electrons. The van der Waals surface area contributed by atoms with Gasteiger partial charge in [0.2, 0.25) is 0 Å². The number of carbonyl (C=O) groups excluding carboxylic acids is 1. The summed E-state index contributed by atoms with van der Waals surface area (Å²) in [5.74, 6) is 0.0752. The molecule has 0 unspecified atom stereocenters. The van der Waals surface area contributed by atoms with Gasteiger partial charge in [0, 0.05) is 17.5 Å². The van der Waals surface area contributed by atoms with Gasteiger partial charge in [0.05, 0.1) is 0 Å². The SMILES string of the molecule is C=C(C)C(C)=N/C=C(\C)c1cccc(C(C)=O)c1. The van der Waals surface area contributed by atoms with Crippen LogP contribution in [0.4, 0.5) is 0 Å². The van der Waals surface area contributed by atoms with Crippen molar-refractivity contribution in [3.63, 3.8) is 0 Å². The summed E-state index contributed by atoms with van der Waals surface area (Å²) in [6.45, 7) is 11.2. The maximum atomic E-state index is 11.3. The van der Waals surface area contributed by atoms with Crippen molar-refractivity contribution in [3.05, 3.63) is 53.7 Å². The third-order valence-electron chi connectivity index (χ3n) is 2.79. The van der Waals surface area contributed by atoms with Gasteiger partial charge in [0.15, 0.2) is 5.78 Å². The summed E-state index contributed by atoms with van der Waals surface area (Å²) in [7, 11) is 0. The van der Waals surface area contributed by atoms with Crippen LogP contribution in [0.2, 0.25) is 0 Å². The molecule has 1 rings (SSSR count). The van der Waals surface area contributed by atoms with Crippen LogP contribution < -0.4 is 0 Å². The molecule has 0 aliphatic rings. The van der Waals surface area contributed by atoms with Crippen molar-refractivity contribution in [2.24, 2.45) is 4.99 Å². The van der Waals surface area contributed by atoms with E-state index in [1.54, 1.807) is 6.92 Å². The highest BCUT2D eigenvalue weighted by molar-refractivity contribution is 5.98. The molecule has 0 aromatic heterocycles. The standard InChI is InChI=1S/C16H19NO/c1-11(2)13(4)17-10-12(3)15-7-6-8-16(9-15)14(5)18/h6-10H,1H2,2-5H3/b12-10+,17-13?. The van der Waals surface area contributed by atoms with Crippen molar-refractivity contribution < 1.29 is 4.79 Å². The van der Waals surface area contributed by atoms with Gasteiger partial charge >= 0.3 is 0 Å². The Kier molecular flexibility index (Phi) is 4.78. The van der Waals surface area contributed by atoms with Gasteiger partial charge in [-0.2, -0.15) is 0 Å². The van der Waals surface area contributed by atoms with E-state index in [0.29, 0.717) is 0 Å². The van der Waals surface area contributed by atoms with E-state index in [1.807, 2.05) is 51.2 Å². The lowest BCUT2D eigenvalue weighted by Gasteiger charge is -2.03. The van der Waals surface area contributed by atoms with Crippen LogP contribution >= 0.6 is 0 Å². The van der Waals surface area contributed by atoms with Crippen molar-refractivity contribution in [2.75, 3.05) is 0 Å². The van der Waals surface area contributed by atoms with Gasteiger partial charge in [0.25, 0.3) is 0 Å². The van der Waals surface area contributed by atoms with Gasteiger partial charge in [-0.3, -0.25) is 9.79 Å². The molecule has 2 heteroatoms. The zero-order chi connectivity index (χ0) is 13.7. The molecule has 0 saturated heterocycles. The van der Waals surface area contributed by atoms with Crippen LogP contribution in [0.5, 0.6) is 0 Å². The zero-order valence-corrected chi connectivity index (χ0v) is 11.4. The Hall–Kier alpha value is -1.96. The first-order valence-corrected chi connectivity index (χ1v) is 5.90. The number of aliphatic imine (C=N–C) groups is 1. The summed E-state index contributed by atoms with van der Waals surface area (Å²) in [6.07, 6.45) is 1.81. The monoisotopic (exact) mass is 241 g/mol. The van der Waals surface area contributed by atoms with Gasteiger partial charge in [-0.25, -0.2) is 0 Å². The Balaban J connectivity index is 3.04. The highest BCUT2D eigenvalue weighted by atomic mass is 16.1. The van der Waals surface area contributed by atoms with E-state index in [-0.39, 0.29) is 5.78 Å². The summed E-state index contributed by atoms with van der Waals surface area (Å²) in [5.41, 5.74) is 4.63. The molecule has 1 aromatic carbocycles. The van der Waals surface area contributed by atoms with Gasteiger partial charge in [-0.15, -0.1) is 0 Å². The molecule has 2 nitrogen and oxygen atoms in total. The van der Waals surface area contributed by atoms with Crippen LogP contribution in [0.3, 0.4) is 0 Å². The number of ketones is 1. The molecule has 0 aliphatic carbocycles. The molecule has 0 atom stereocenters.